The number of hydrogen-bond donors (Lipinski definition) is 2. The molecule has 13 rings (SSSR count). The molecule has 5 heterocycles. The van der Waals surface area contributed by atoms with Crippen LogP contribution in [0.4, 0.5) is 22.4 Å². The van der Waals surface area contributed by atoms with Gasteiger partial charge in [-0.15, -0.1) is 0 Å². The molecule has 2 N–H and O–H groups in total. The van der Waals surface area contributed by atoms with Crippen LogP contribution in [0, 0.1) is 23.3 Å². The number of methoxy groups -OCH3 is 7. The van der Waals surface area contributed by atoms with Gasteiger partial charge < -0.3 is 57.4 Å². The Kier molecular flexibility index (Phi) is 34.3. The van der Waals surface area contributed by atoms with Crippen LogP contribution in [0.15, 0.2) is 219 Å². The first-order chi connectivity index (χ1) is 57.3. The molecule has 0 amide bonds. The van der Waals surface area contributed by atoms with Crippen LogP contribution in [-0.4, -0.2) is 116 Å². The van der Waals surface area contributed by atoms with Gasteiger partial charge in [-0.05, 0) is 200 Å². The summed E-state index contributed by atoms with van der Waals surface area (Å²) in [6.07, 6.45) is 6.63. The van der Waals surface area contributed by atoms with E-state index in [-0.39, 0.29) is 60.6 Å². The summed E-state index contributed by atoms with van der Waals surface area (Å²) in [6, 6.07) is 55.1. The van der Waals surface area contributed by atoms with E-state index in [2.05, 4.69) is 34.1 Å². The zero-order valence-electron chi connectivity index (χ0n) is 67.9. The van der Waals surface area contributed by atoms with E-state index in [0.29, 0.717) is 129 Å². The van der Waals surface area contributed by atoms with Gasteiger partial charge in [0.05, 0.1) is 101 Å². The summed E-state index contributed by atoms with van der Waals surface area (Å²) in [5.74, 6) is -0.873. The van der Waals surface area contributed by atoms with Gasteiger partial charge >= 0.3 is 25.2 Å². The van der Waals surface area contributed by atoms with Crippen molar-refractivity contribution in [3.05, 3.63) is 324 Å². The molecule has 0 unspecified atom stereocenters. The molecule has 28 heteroatoms. The standard InChI is InChI=1S/C22H21ClFNO2.C21H17ClFNO3.C20H17ClFNO2.C16H14ClFO4.C13H18BNO4.CH4/c1-22(2,26)19-10-7-14(13-25-19)11-16-8-9-18(27-3)20(21(16)24)15-5-4-6-17(23)12-15;1-26-18-9-7-15(10-13-6-8-17(24-12-13)21(25)27-2)20(23)19(18)14-4-3-5-16(22)11-14;1-25-18-8-6-15(9-13-5-7-17(12-24)23-11-13)20(22)19(18)14-3-2-4-16(21)10-14;1-20-13-7-6-11(9-22-16(19)21-2)15(18)14(13)10-4-3-5-12(17)8-10;1-12(2)13(3,4)19-14(18-12)9-6-7-10(15-8-9)11(16)17-5;/h4-10,12-13,26H,11H2,1-3H3;3-9,11-12H,10H2,1-2H3;2-8,10-11,24H,9,12H2,1H3;3-8H,9H2,1-2H3;6-8H,1-5H3;1H4. The van der Waals surface area contributed by atoms with Crippen molar-refractivity contribution in [3.8, 4) is 67.5 Å². The van der Waals surface area contributed by atoms with Gasteiger partial charge in [0.1, 0.15) is 69.9 Å². The third kappa shape index (κ3) is 24.9. The fourth-order valence-corrected chi connectivity index (χ4v) is 12.9. The first-order valence-electron chi connectivity index (χ1n) is 37.1. The second-order valence-corrected chi connectivity index (χ2v) is 30.1. The Hall–Kier alpha value is -11.4. The highest BCUT2D eigenvalue weighted by molar-refractivity contribution is 6.62. The van der Waals surface area contributed by atoms with E-state index in [4.69, 9.17) is 84.5 Å². The van der Waals surface area contributed by atoms with Crippen molar-refractivity contribution in [3.63, 3.8) is 0 Å². The van der Waals surface area contributed by atoms with E-state index < -0.39 is 47.8 Å². The summed E-state index contributed by atoms with van der Waals surface area (Å²) < 4.78 is 112. The van der Waals surface area contributed by atoms with E-state index >= 15 is 13.2 Å². The van der Waals surface area contributed by atoms with Crippen LogP contribution in [0.1, 0.15) is 120 Å². The molecule has 1 saturated heterocycles. The Bertz CT molecular complexity index is 5520. The summed E-state index contributed by atoms with van der Waals surface area (Å²) in [7, 11) is 9.31. The molecule has 4 aromatic heterocycles. The lowest BCUT2D eigenvalue weighted by Crippen LogP contribution is -2.41. The predicted molar refractivity (Wildman–Crippen MR) is 462 cm³/mol. The van der Waals surface area contributed by atoms with E-state index in [9.17, 15) is 23.9 Å². The second-order valence-electron chi connectivity index (χ2n) is 28.3. The van der Waals surface area contributed by atoms with E-state index in [1.165, 1.54) is 62.0 Å². The number of ether oxygens (including phenoxy) is 8. The number of carbonyl (C=O) groups excluding carboxylic acids is 3. The Balaban J connectivity index is 0.000000189. The van der Waals surface area contributed by atoms with Crippen LogP contribution in [-0.2, 0) is 66.3 Å². The Labute approximate surface area is 721 Å². The highest BCUT2D eigenvalue weighted by atomic mass is 35.5. The zero-order chi connectivity index (χ0) is 87.2. The molecule has 1 aliphatic rings. The van der Waals surface area contributed by atoms with Gasteiger partial charge in [0.2, 0.25) is 0 Å². The van der Waals surface area contributed by atoms with Gasteiger partial charge in [-0.2, -0.15) is 0 Å². The number of aromatic nitrogens is 4. The first-order valence-corrected chi connectivity index (χ1v) is 38.6. The van der Waals surface area contributed by atoms with Crippen LogP contribution in [0.25, 0.3) is 44.5 Å². The van der Waals surface area contributed by atoms with Crippen molar-refractivity contribution in [2.24, 2.45) is 0 Å². The highest BCUT2D eigenvalue weighted by Gasteiger charge is 2.52. The van der Waals surface area contributed by atoms with Crippen LogP contribution in [0.2, 0.25) is 20.1 Å². The summed E-state index contributed by atoms with van der Waals surface area (Å²) in [5.41, 5.74) is 8.79. The van der Waals surface area contributed by atoms with Crippen molar-refractivity contribution in [2.75, 3.05) is 49.8 Å². The van der Waals surface area contributed by atoms with Gasteiger partial charge in [-0.1, -0.05) is 145 Å². The Morgan fingerprint density at radius 1 is 0.430 bits per heavy atom. The van der Waals surface area contributed by atoms with Gasteiger partial charge in [-0.25, -0.2) is 41.9 Å². The summed E-state index contributed by atoms with van der Waals surface area (Å²) in [6.45, 7) is 11.0. The number of aliphatic hydroxyl groups excluding tert-OH is 1. The maximum Gasteiger partial charge on any atom is 0.508 e. The van der Waals surface area contributed by atoms with E-state index in [0.717, 1.165) is 22.2 Å². The molecule has 0 radical (unpaired) electrons. The lowest BCUT2D eigenvalue weighted by Gasteiger charge is -2.32. The van der Waals surface area contributed by atoms with E-state index in [1.54, 1.807) is 208 Å². The van der Waals surface area contributed by atoms with Crippen LogP contribution in [0.3, 0.4) is 0 Å². The van der Waals surface area contributed by atoms with Crippen LogP contribution in [0.5, 0.6) is 23.0 Å². The van der Waals surface area contributed by atoms with Gasteiger partial charge in [-0.3, -0.25) is 9.97 Å². The third-order valence-corrected chi connectivity index (χ3v) is 20.1. The number of halogens is 8. The summed E-state index contributed by atoms with van der Waals surface area (Å²) >= 11 is 24.1. The molecule has 0 aliphatic carbocycles. The minimum atomic E-state index is -1.01. The van der Waals surface area contributed by atoms with Gasteiger partial charge in [0, 0.05) is 75.2 Å². The molecule has 1 aliphatic heterocycles. The maximum atomic E-state index is 15.3. The van der Waals surface area contributed by atoms with E-state index in [1.807, 2.05) is 39.8 Å². The Morgan fingerprint density at radius 3 is 1.06 bits per heavy atom. The third-order valence-electron chi connectivity index (χ3n) is 19.2. The predicted octanol–water partition coefficient (Wildman–Crippen LogP) is 21.2. The largest absolute Gasteiger partial charge is 0.508 e. The number of pyridine rings is 4. The molecule has 1 fully saturated rings. The normalized spacial score (nSPS) is 12.2. The fourth-order valence-electron chi connectivity index (χ4n) is 12.2. The number of rotatable bonds is 21. The smallest absolute Gasteiger partial charge is 0.496 e. The number of aliphatic hydroxyl groups is 2. The lowest BCUT2D eigenvalue weighted by molar-refractivity contribution is 0.00578. The quantitative estimate of drug-likeness (QED) is 0.0294. The fraction of sp³-hybridized carbons (Fsp3) is 0.237. The number of benzene rings is 8. The van der Waals surface area contributed by atoms with Crippen molar-refractivity contribution < 1.29 is 89.4 Å². The minimum Gasteiger partial charge on any atom is -0.496 e. The van der Waals surface area contributed by atoms with Crippen LogP contribution < -0.4 is 24.4 Å². The summed E-state index contributed by atoms with van der Waals surface area (Å²) in [5, 5.41) is 21.1. The molecule has 632 valence electrons. The average molecular weight is 1730 g/mol. The molecule has 121 heavy (non-hydrogen) atoms. The highest BCUT2D eigenvalue weighted by Crippen LogP contribution is 2.42. The number of esters is 2. The zero-order valence-corrected chi connectivity index (χ0v) is 70.9. The minimum absolute atomic E-state index is 0. The second kappa shape index (κ2) is 43.7. The monoisotopic (exact) mass is 1730 g/mol. The van der Waals surface area contributed by atoms with Crippen molar-refractivity contribution in [1.29, 1.82) is 0 Å². The number of nitrogens with zero attached hydrogens (tertiary/aromatic N) is 4. The van der Waals surface area contributed by atoms with Crippen molar-refractivity contribution in [1.82, 2.24) is 19.9 Å². The molecule has 0 spiro atoms. The van der Waals surface area contributed by atoms with Crippen molar-refractivity contribution >= 4 is 77.1 Å². The molecular formula is C93H91BCl4F4N4O15. The summed E-state index contributed by atoms with van der Waals surface area (Å²) in [4.78, 5) is 50.3. The van der Waals surface area contributed by atoms with Gasteiger partial charge in [0.25, 0.3) is 0 Å². The molecule has 12 aromatic rings. The van der Waals surface area contributed by atoms with Crippen molar-refractivity contribution in [2.45, 2.75) is 98.2 Å². The molecule has 19 nitrogen and oxygen atoms in total. The lowest BCUT2D eigenvalue weighted by atomic mass is 9.80. The van der Waals surface area contributed by atoms with Gasteiger partial charge in [0.15, 0.2) is 0 Å². The molecule has 8 aromatic carbocycles. The first kappa shape index (κ1) is 95.0. The number of carbonyl (C=O) groups is 3. The molecule has 0 bridgehead atoms. The average Bonchev–Trinajstić information content (AvgIpc) is 1.67. The Morgan fingerprint density at radius 2 is 0.769 bits per heavy atom. The molecular weight excluding hydrogens is 1640 g/mol. The topological polar surface area (TPSA) is 236 Å². The number of hydrogen-bond acceptors (Lipinski definition) is 19. The van der Waals surface area contributed by atoms with Crippen LogP contribution >= 0.6 is 46.4 Å². The SMILES string of the molecule is C.COC(=O)OCc1ccc(OC)c(-c2cccc(Cl)c2)c1F.COC(=O)c1ccc(B2OC(C)(C)C(C)(C)O2)cn1.COC(=O)c1ccc(Cc2ccc(OC)c(-c3cccc(Cl)c3)c2F)cn1.COc1ccc(Cc2ccc(C(C)(C)O)nc2)c(F)c1-c1cccc(Cl)c1.COc1ccc(Cc2ccc(CO)nc2)c(F)c1-c1cccc(Cl)c1. The maximum absolute atomic E-state index is 15.3. The molecule has 0 saturated carbocycles. The molecule has 0 atom stereocenters.